The van der Waals surface area contributed by atoms with Gasteiger partial charge in [0.15, 0.2) is 0 Å². The molecule has 2 aromatic carbocycles. The molecule has 0 fully saturated rings. The lowest BCUT2D eigenvalue weighted by molar-refractivity contribution is 0.585. The fourth-order valence-electron chi connectivity index (χ4n) is 2.39. The van der Waals surface area contributed by atoms with Crippen molar-refractivity contribution in [1.82, 2.24) is 5.32 Å². The Morgan fingerprint density at radius 3 is 2.55 bits per heavy atom. The fourth-order valence-corrected chi connectivity index (χ4v) is 2.69. The van der Waals surface area contributed by atoms with Crippen LogP contribution in [0.5, 0.6) is 0 Å². The van der Waals surface area contributed by atoms with Gasteiger partial charge in [0.1, 0.15) is 5.82 Å². The van der Waals surface area contributed by atoms with Crippen LogP contribution in [0.3, 0.4) is 0 Å². The molecule has 0 aliphatic rings. The van der Waals surface area contributed by atoms with E-state index in [1.165, 1.54) is 28.8 Å². The van der Waals surface area contributed by atoms with Crippen LogP contribution >= 0.6 is 11.6 Å². The molecule has 3 heteroatoms. The maximum atomic E-state index is 13.2. The molecule has 1 unspecified atom stereocenters. The number of halogens is 2. The lowest BCUT2D eigenvalue weighted by Gasteiger charge is -2.19. The number of aryl methyl sites for hydroxylation is 2. The minimum atomic E-state index is -0.305. The molecule has 0 spiro atoms. The quantitative estimate of drug-likeness (QED) is 0.868. The summed E-state index contributed by atoms with van der Waals surface area (Å²) >= 11 is 6.16. The Kier molecular flexibility index (Phi) is 4.79. The van der Waals surface area contributed by atoms with Gasteiger partial charge in [0.25, 0.3) is 0 Å². The summed E-state index contributed by atoms with van der Waals surface area (Å²) in [4.78, 5) is 0. The summed E-state index contributed by atoms with van der Waals surface area (Å²) in [5.41, 5.74) is 4.71. The van der Waals surface area contributed by atoms with E-state index < -0.39 is 0 Å². The molecular weight excluding hydrogens is 273 g/mol. The Bertz CT molecular complexity index is 610. The zero-order valence-corrected chi connectivity index (χ0v) is 12.8. The third kappa shape index (κ3) is 3.38. The van der Waals surface area contributed by atoms with Gasteiger partial charge in [-0.15, -0.1) is 0 Å². The van der Waals surface area contributed by atoms with Crippen LogP contribution in [-0.2, 0) is 6.42 Å². The highest BCUT2D eigenvalue weighted by Gasteiger charge is 2.15. The first-order chi connectivity index (χ1) is 9.51. The molecule has 0 saturated heterocycles. The van der Waals surface area contributed by atoms with Crippen LogP contribution in [0.1, 0.15) is 28.3 Å². The van der Waals surface area contributed by atoms with Gasteiger partial charge in [-0.3, -0.25) is 0 Å². The zero-order valence-electron chi connectivity index (χ0n) is 12.0. The van der Waals surface area contributed by atoms with Crippen molar-refractivity contribution in [2.24, 2.45) is 0 Å². The summed E-state index contributed by atoms with van der Waals surface area (Å²) in [6.45, 7) is 4.19. The fraction of sp³-hybridized carbons (Fsp3) is 0.294. The van der Waals surface area contributed by atoms with Crippen molar-refractivity contribution in [2.45, 2.75) is 26.3 Å². The first-order valence-corrected chi connectivity index (χ1v) is 7.07. The largest absolute Gasteiger partial charge is 0.313 e. The van der Waals surface area contributed by atoms with E-state index in [4.69, 9.17) is 11.6 Å². The molecule has 0 aliphatic carbocycles. The number of hydrogen-bond donors (Lipinski definition) is 1. The van der Waals surface area contributed by atoms with Gasteiger partial charge in [-0.1, -0.05) is 41.4 Å². The van der Waals surface area contributed by atoms with Crippen molar-refractivity contribution in [3.8, 4) is 0 Å². The van der Waals surface area contributed by atoms with Crippen molar-refractivity contribution >= 4 is 11.6 Å². The van der Waals surface area contributed by atoms with E-state index in [-0.39, 0.29) is 11.9 Å². The van der Waals surface area contributed by atoms with E-state index in [0.717, 1.165) is 12.0 Å². The van der Waals surface area contributed by atoms with Gasteiger partial charge in [0, 0.05) is 11.1 Å². The van der Waals surface area contributed by atoms with Crippen molar-refractivity contribution in [1.29, 1.82) is 0 Å². The van der Waals surface area contributed by atoms with E-state index in [1.54, 1.807) is 6.07 Å². The molecule has 2 aromatic rings. The Balaban J connectivity index is 2.31. The molecule has 0 aliphatic heterocycles. The van der Waals surface area contributed by atoms with Gasteiger partial charge in [-0.05, 0) is 56.1 Å². The van der Waals surface area contributed by atoms with Crippen molar-refractivity contribution in [3.05, 3.63) is 69.5 Å². The number of rotatable bonds is 4. The van der Waals surface area contributed by atoms with Crippen LogP contribution in [0, 0.1) is 19.7 Å². The number of likely N-dealkylation sites (N-methyl/N-ethyl adjacent to an activating group) is 1. The molecule has 20 heavy (non-hydrogen) atoms. The molecule has 0 saturated carbocycles. The van der Waals surface area contributed by atoms with Crippen LogP contribution in [0.15, 0.2) is 36.4 Å². The molecule has 2 rings (SSSR count). The standard InChI is InChI=1S/C17H19ClFN/c1-11-4-5-12(2)13(8-11)9-17(20-3)15-7-6-14(19)10-16(15)18/h4-8,10,17,20H,9H2,1-3H3. The van der Waals surface area contributed by atoms with Gasteiger partial charge >= 0.3 is 0 Å². The van der Waals surface area contributed by atoms with Gasteiger partial charge in [-0.25, -0.2) is 4.39 Å². The highest BCUT2D eigenvalue weighted by Crippen LogP contribution is 2.27. The average Bonchev–Trinajstić information content (AvgIpc) is 2.40. The predicted octanol–water partition coefficient (Wildman–Crippen LogP) is 4.60. The summed E-state index contributed by atoms with van der Waals surface area (Å²) in [5.74, 6) is -0.305. The van der Waals surface area contributed by atoms with Crippen LogP contribution in [0.2, 0.25) is 5.02 Å². The summed E-state index contributed by atoms with van der Waals surface area (Å²) in [6, 6.07) is 11.1. The Morgan fingerprint density at radius 1 is 1.15 bits per heavy atom. The minimum Gasteiger partial charge on any atom is -0.313 e. The summed E-state index contributed by atoms with van der Waals surface area (Å²) < 4.78 is 13.2. The minimum absolute atomic E-state index is 0.0728. The van der Waals surface area contributed by atoms with E-state index in [1.807, 2.05) is 7.05 Å². The predicted molar refractivity (Wildman–Crippen MR) is 82.8 cm³/mol. The summed E-state index contributed by atoms with van der Waals surface area (Å²) in [5, 5.41) is 3.73. The molecule has 0 bridgehead atoms. The molecular formula is C17H19ClFN. The van der Waals surface area contributed by atoms with Crippen LogP contribution in [0.4, 0.5) is 4.39 Å². The molecule has 0 heterocycles. The first kappa shape index (κ1) is 15.0. The number of benzene rings is 2. The lowest BCUT2D eigenvalue weighted by Crippen LogP contribution is -2.19. The SMILES string of the molecule is CNC(Cc1cc(C)ccc1C)c1ccc(F)cc1Cl. The Hall–Kier alpha value is -1.38. The second-order valence-corrected chi connectivity index (χ2v) is 5.55. The molecule has 0 aromatic heterocycles. The molecule has 1 atom stereocenters. The van der Waals surface area contributed by atoms with Gasteiger partial charge in [-0.2, -0.15) is 0 Å². The first-order valence-electron chi connectivity index (χ1n) is 6.69. The molecule has 106 valence electrons. The third-order valence-corrected chi connectivity index (χ3v) is 3.94. The van der Waals surface area contributed by atoms with E-state index in [9.17, 15) is 4.39 Å². The van der Waals surface area contributed by atoms with E-state index >= 15 is 0 Å². The highest BCUT2D eigenvalue weighted by molar-refractivity contribution is 6.31. The molecule has 1 nitrogen and oxygen atoms in total. The second-order valence-electron chi connectivity index (χ2n) is 5.14. The van der Waals surface area contributed by atoms with Gasteiger partial charge in [0.05, 0.1) is 0 Å². The second kappa shape index (κ2) is 6.38. The summed E-state index contributed by atoms with van der Waals surface area (Å²) in [7, 11) is 1.90. The van der Waals surface area contributed by atoms with Crippen LogP contribution < -0.4 is 5.32 Å². The number of nitrogens with one attached hydrogen (secondary N) is 1. The smallest absolute Gasteiger partial charge is 0.124 e. The maximum Gasteiger partial charge on any atom is 0.124 e. The Morgan fingerprint density at radius 2 is 1.90 bits per heavy atom. The van der Waals surface area contributed by atoms with Crippen LogP contribution in [0.25, 0.3) is 0 Å². The van der Waals surface area contributed by atoms with Crippen molar-refractivity contribution < 1.29 is 4.39 Å². The van der Waals surface area contributed by atoms with E-state index in [2.05, 4.69) is 37.4 Å². The third-order valence-electron chi connectivity index (χ3n) is 3.62. The monoisotopic (exact) mass is 291 g/mol. The number of hydrogen-bond acceptors (Lipinski definition) is 1. The summed E-state index contributed by atoms with van der Waals surface area (Å²) in [6.07, 6.45) is 0.829. The van der Waals surface area contributed by atoms with E-state index in [0.29, 0.717) is 5.02 Å². The molecule has 1 N–H and O–H groups in total. The van der Waals surface area contributed by atoms with Gasteiger partial charge in [0.2, 0.25) is 0 Å². The average molecular weight is 292 g/mol. The van der Waals surface area contributed by atoms with Crippen LogP contribution in [-0.4, -0.2) is 7.05 Å². The maximum absolute atomic E-state index is 13.2. The van der Waals surface area contributed by atoms with Gasteiger partial charge < -0.3 is 5.32 Å². The normalized spacial score (nSPS) is 12.4. The topological polar surface area (TPSA) is 12.0 Å². The molecule has 0 amide bonds. The highest BCUT2D eigenvalue weighted by atomic mass is 35.5. The Labute approximate surface area is 124 Å². The lowest BCUT2D eigenvalue weighted by atomic mass is 9.95. The zero-order chi connectivity index (χ0) is 14.7. The molecule has 0 radical (unpaired) electrons. The van der Waals surface area contributed by atoms with Crippen molar-refractivity contribution in [3.63, 3.8) is 0 Å². The van der Waals surface area contributed by atoms with Crippen molar-refractivity contribution in [2.75, 3.05) is 7.05 Å².